The predicted octanol–water partition coefficient (Wildman–Crippen LogP) is 3.41. The third-order valence-corrected chi connectivity index (χ3v) is 2.71. The van der Waals surface area contributed by atoms with Gasteiger partial charge in [0.1, 0.15) is 5.75 Å². The van der Waals surface area contributed by atoms with E-state index in [1.54, 1.807) is 30.3 Å². The average Bonchev–Trinajstić information content (AvgIpc) is 2.33. The number of phenols is 1. The maximum Gasteiger partial charge on any atom is 0.335 e. The highest BCUT2D eigenvalue weighted by atomic mass is 35.5. The molecule has 0 aromatic heterocycles. The number of carboxylic acids is 1. The van der Waals surface area contributed by atoms with Gasteiger partial charge >= 0.3 is 5.97 Å². The highest BCUT2D eigenvalue weighted by Gasteiger charge is 2.06. The van der Waals surface area contributed by atoms with Gasteiger partial charge in [0.15, 0.2) is 0 Å². The van der Waals surface area contributed by atoms with Gasteiger partial charge in [-0.3, -0.25) is 0 Å². The number of hydrogen-bond donors (Lipinski definition) is 2. The molecule has 0 fully saturated rings. The van der Waals surface area contributed by atoms with Crippen molar-refractivity contribution < 1.29 is 15.0 Å². The standard InChI is InChI=1S/C13H9ClO3/c14-11-5-4-9(7-12(11)15)8-2-1-3-10(6-8)13(16)17/h1-7,15H,(H,16,17). The molecule has 0 heterocycles. The number of phenolic OH excluding ortho intramolecular Hbond substituents is 1. The predicted molar refractivity (Wildman–Crippen MR) is 65.5 cm³/mol. The lowest BCUT2D eigenvalue weighted by atomic mass is 10.0. The molecule has 0 bridgehead atoms. The number of rotatable bonds is 2. The van der Waals surface area contributed by atoms with Gasteiger partial charge in [-0.1, -0.05) is 29.8 Å². The van der Waals surface area contributed by atoms with Crippen LogP contribution in [-0.4, -0.2) is 16.2 Å². The van der Waals surface area contributed by atoms with Crippen molar-refractivity contribution in [2.75, 3.05) is 0 Å². The number of carbonyl (C=O) groups is 1. The molecule has 2 rings (SSSR count). The molecule has 2 aromatic carbocycles. The molecule has 2 N–H and O–H groups in total. The van der Waals surface area contributed by atoms with Crippen molar-refractivity contribution in [2.45, 2.75) is 0 Å². The van der Waals surface area contributed by atoms with E-state index in [-0.39, 0.29) is 16.3 Å². The molecule has 0 saturated heterocycles. The van der Waals surface area contributed by atoms with E-state index in [1.165, 1.54) is 12.1 Å². The molecular formula is C13H9ClO3. The second-order valence-corrected chi connectivity index (χ2v) is 3.96. The lowest BCUT2D eigenvalue weighted by Crippen LogP contribution is -1.95. The molecule has 0 spiro atoms. The van der Waals surface area contributed by atoms with Gasteiger partial charge in [0.25, 0.3) is 0 Å². The number of aromatic hydroxyl groups is 1. The zero-order chi connectivity index (χ0) is 12.4. The number of halogens is 1. The van der Waals surface area contributed by atoms with Crippen molar-refractivity contribution in [3.05, 3.63) is 53.1 Å². The first-order valence-corrected chi connectivity index (χ1v) is 5.28. The van der Waals surface area contributed by atoms with E-state index < -0.39 is 5.97 Å². The molecule has 3 nitrogen and oxygen atoms in total. The highest BCUT2D eigenvalue weighted by Crippen LogP contribution is 2.29. The molecular weight excluding hydrogens is 240 g/mol. The van der Waals surface area contributed by atoms with Crippen molar-refractivity contribution in [3.63, 3.8) is 0 Å². The Kier molecular flexibility index (Phi) is 3.02. The molecule has 0 amide bonds. The summed E-state index contributed by atoms with van der Waals surface area (Å²) >= 11 is 5.71. The summed E-state index contributed by atoms with van der Waals surface area (Å²) < 4.78 is 0. The van der Waals surface area contributed by atoms with Gasteiger partial charge in [0.2, 0.25) is 0 Å². The molecule has 2 aromatic rings. The molecule has 0 saturated carbocycles. The van der Waals surface area contributed by atoms with Crippen molar-refractivity contribution in [2.24, 2.45) is 0 Å². The van der Waals surface area contributed by atoms with Crippen LogP contribution in [0.2, 0.25) is 5.02 Å². The SMILES string of the molecule is O=C(O)c1cccc(-c2ccc(Cl)c(O)c2)c1. The minimum atomic E-state index is -0.981. The van der Waals surface area contributed by atoms with Crippen molar-refractivity contribution in [1.29, 1.82) is 0 Å². The lowest BCUT2D eigenvalue weighted by molar-refractivity contribution is 0.0697. The zero-order valence-corrected chi connectivity index (χ0v) is 9.48. The molecule has 86 valence electrons. The van der Waals surface area contributed by atoms with Gasteiger partial charge in [-0.15, -0.1) is 0 Å². The van der Waals surface area contributed by atoms with Crippen LogP contribution in [0.4, 0.5) is 0 Å². The van der Waals surface area contributed by atoms with E-state index in [0.717, 1.165) is 11.1 Å². The Morgan fingerprint density at radius 2 is 1.76 bits per heavy atom. The molecule has 0 radical (unpaired) electrons. The van der Waals surface area contributed by atoms with Crippen LogP contribution in [0.15, 0.2) is 42.5 Å². The van der Waals surface area contributed by atoms with Gasteiger partial charge in [0.05, 0.1) is 10.6 Å². The fourth-order valence-corrected chi connectivity index (χ4v) is 1.64. The van der Waals surface area contributed by atoms with E-state index in [1.807, 2.05) is 0 Å². The minimum absolute atomic E-state index is 0.0232. The Bertz CT molecular complexity index is 579. The van der Waals surface area contributed by atoms with Crippen LogP contribution < -0.4 is 0 Å². The van der Waals surface area contributed by atoms with Crippen LogP contribution in [0.25, 0.3) is 11.1 Å². The monoisotopic (exact) mass is 248 g/mol. The molecule has 0 aliphatic rings. The van der Waals surface area contributed by atoms with Crippen LogP contribution in [0, 0.1) is 0 Å². The molecule has 0 unspecified atom stereocenters. The minimum Gasteiger partial charge on any atom is -0.506 e. The number of carboxylic acid groups (broad SMARTS) is 1. The smallest absolute Gasteiger partial charge is 0.335 e. The fourth-order valence-electron chi connectivity index (χ4n) is 1.52. The maximum absolute atomic E-state index is 10.8. The molecule has 0 aliphatic heterocycles. The fraction of sp³-hybridized carbons (Fsp3) is 0. The molecule has 4 heteroatoms. The van der Waals surface area contributed by atoms with Gasteiger partial charge < -0.3 is 10.2 Å². The maximum atomic E-state index is 10.8. The third-order valence-electron chi connectivity index (χ3n) is 2.39. The number of aromatic carboxylic acids is 1. The first-order chi connectivity index (χ1) is 8.08. The second kappa shape index (κ2) is 4.47. The summed E-state index contributed by atoms with van der Waals surface area (Å²) in [6.45, 7) is 0. The van der Waals surface area contributed by atoms with Crippen LogP contribution in [0.5, 0.6) is 5.75 Å². The summed E-state index contributed by atoms with van der Waals surface area (Å²) in [4.78, 5) is 10.8. The van der Waals surface area contributed by atoms with Crippen molar-refractivity contribution in [3.8, 4) is 16.9 Å². The Labute approximate surface area is 103 Å². The lowest BCUT2D eigenvalue weighted by Gasteiger charge is -2.04. The summed E-state index contributed by atoms with van der Waals surface area (Å²) in [6, 6.07) is 11.3. The second-order valence-electron chi connectivity index (χ2n) is 3.55. The quantitative estimate of drug-likeness (QED) is 0.856. The van der Waals surface area contributed by atoms with Crippen LogP contribution in [0.1, 0.15) is 10.4 Å². The highest BCUT2D eigenvalue weighted by molar-refractivity contribution is 6.32. The van der Waals surface area contributed by atoms with Gasteiger partial charge in [0, 0.05) is 0 Å². The van der Waals surface area contributed by atoms with Crippen molar-refractivity contribution >= 4 is 17.6 Å². The summed E-state index contributed by atoms with van der Waals surface area (Å²) in [5.41, 5.74) is 1.64. The van der Waals surface area contributed by atoms with Gasteiger partial charge in [-0.2, -0.15) is 0 Å². The summed E-state index contributed by atoms with van der Waals surface area (Å²) in [5, 5.41) is 18.6. The summed E-state index contributed by atoms with van der Waals surface area (Å²) in [5.74, 6) is -1.00. The average molecular weight is 249 g/mol. The summed E-state index contributed by atoms with van der Waals surface area (Å²) in [6.07, 6.45) is 0. The number of hydrogen-bond acceptors (Lipinski definition) is 2. The van der Waals surface area contributed by atoms with Gasteiger partial charge in [-0.25, -0.2) is 4.79 Å². The van der Waals surface area contributed by atoms with E-state index >= 15 is 0 Å². The van der Waals surface area contributed by atoms with Crippen molar-refractivity contribution in [1.82, 2.24) is 0 Å². The van der Waals surface area contributed by atoms with Gasteiger partial charge in [-0.05, 0) is 35.4 Å². The topological polar surface area (TPSA) is 57.5 Å². The first kappa shape index (κ1) is 11.5. The largest absolute Gasteiger partial charge is 0.506 e. The summed E-state index contributed by atoms with van der Waals surface area (Å²) in [7, 11) is 0. The van der Waals surface area contributed by atoms with E-state index in [9.17, 15) is 9.90 Å². The molecule has 0 atom stereocenters. The molecule has 17 heavy (non-hydrogen) atoms. The van der Waals surface area contributed by atoms with E-state index in [2.05, 4.69) is 0 Å². The first-order valence-electron chi connectivity index (χ1n) is 4.90. The Morgan fingerprint density at radius 3 is 2.41 bits per heavy atom. The normalized spacial score (nSPS) is 10.2. The number of benzene rings is 2. The molecule has 0 aliphatic carbocycles. The van der Waals surface area contributed by atoms with Crippen LogP contribution in [0.3, 0.4) is 0 Å². The van der Waals surface area contributed by atoms with Crippen LogP contribution in [-0.2, 0) is 0 Å². The van der Waals surface area contributed by atoms with Crippen LogP contribution >= 0.6 is 11.6 Å². The Balaban J connectivity index is 2.49. The zero-order valence-electron chi connectivity index (χ0n) is 8.72. The van der Waals surface area contributed by atoms with E-state index in [4.69, 9.17) is 16.7 Å². The van der Waals surface area contributed by atoms with E-state index in [0.29, 0.717) is 0 Å². The third kappa shape index (κ3) is 2.40. The Morgan fingerprint density at radius 1 is 1.06 bits per heavy atom. The Hall–Kier alpha value is -2.00.